The van der Waals surface area contributed by atoms with E-state index in [2.05, 4.69) is 30.7 Å². The third-order valence-electron chi connectivity index (χ3n) is 6.49. The molecule has 1 aromatic carbocycles. The molecular formula is C26H18N8O5. The Morgan fingerprint density at radius 3 is 2.44 bits per heavy atom. The highest BCUT2D eigenvalue weighted by atomic mass is 16.5. The maximum Gasteiger partial charge on any atom is 0.328 e. The first kappa shape index (κ1) is 23.7. The van der Waals surface area contributed by atoms with Crippen molar-refractivity contribution in [2.24, 2.45) is 0 Å². The van der Waals surface area contributed by atoms with Crippen LogP contribution in [-0.4, -0.2) is 50.0 Å². The van der Waals surface area contributed by atoms with Gasteiger partial charge in [-0.1, -0.05) is 5.16 Å². The fourth-order valence-electron chi connectivity index (χ4n) is 4.60. The van der Waals surface area contributed by atoms with E-state index in [1.54, 1.807) is 53.4 Å². The Morgan fingerprint density at radius 1 is 0.974 bits per heavy atom. The number of rotatable bonds is 5. The molecule has 4 amide bonds. The summed E-state index contributed by atoms with van der Waals surface area (Å²) in [4.78, 5) is 51.3. The van der Waals surface area contributed by atoms with E-state index in [0.29, 0.717) is 58.8 Å². The van der Waals surface area contributed by atoms with E-state index < -0.39 is 23.4 Å². The molecule has 2 aliphatic rings. The molecule has 2 saturated heterocycles. The van der Waals surface area contributed by atoms with Crippen LogP contribution in [0.25, 0.3) is 23.0 Å². The standard InChI is InChI=1S/C26H18N8O5/c27-12-15-2-8-19(28-13-15)21-30-22(39-33-21)16-3-6-18(7-4-16)38-20-9-5-17(14-29-20)34-11-1-10-26(34)23(35)31-25(37)32-24(26)36/h2-9,13-14H,1,10-11H2,(H2,31,32,35,36,37). The summed E-state index contributed by atoms with van der Waals surface area (Å²) in [5.41, 5.74) is 0.651. The van der Waals surface area contributed by atoms with Gasteiger partial charge >= 0.3 is 6.03 Å². The molecule has 13 nitrogen and oxygen atoms in total. The summed E-state index contributed by atoms with van der Waals surface area (Å²) in [6.07, 6.45) is 3.84. The average Bonchev–Trinajstić information content (AvgIpc) is 3.62. The van der Waals surface area contributed by atoms with E-state index in [0.717, 1.165) is 0 Å². The third kappa shape index (κ3) is 4.19. The van der Waals surface area contributed by atoms with Crippen LogP contribution >= 0.6 is 0 Å². The Hall–Kier alpha value is -5.64. The van der Waals surface area contributed by atoms with Gasteiger partial charge in [-0.15, -0.1) is 0 Å². The Bertz CT molecular complexity index is 1600. The van der Waals surface area contributed by atoms with Gasteiger partial charge in [-0.25, -0.2) is 9.78 Å². The monoisotopic (exact) mass is 522 g/mol. The van der Waals surface area contributed by atoms with Gasteiger partial charge in [0.2, 0.25) is 11.7 Å². The van der Waals surface area contributed by atoms with Crippen LogP contribution in [0.1, 0.15) is 18.4 Å². The number of nitrogens with zero attached hydrogens (tertiary/aromatic N) is 6. The first-order chi connectivity index (χ1) is 19.0. The van der Waals surface area contributed by atoms with Gasteiger partial charge < -0.3 is 14.2 Å². The zero-order valence-electron chi connectivity index (χ0n) is 20.1. The minimum Gasteiger partial charge on any atom is -0.439 e. The van der Waals surface area contributed by atoms with Gasteiger partial charge in [0.15, 0.2) is 5.54 Å². The molecule has 2 aliphatic heterocycles. The summed E-state index contributed by atoms with van der Waals surface area (Å²) in [7, 11) is 0. The summed E-state index contributed by atoms with van der Waals surface area (Å²) < 4.78 is 11.2. The van der Waals surface area contributed by atoms with Gasteiger partial charge in [0.1, 0.15) is 17.5 Å². The van der Waals surface area contributed by atoms with Crippen LogP contribution in [0.2, 0.25) is 0 Å². The lowest BCUT2D eigenvalue weighted by atomic mass is 9.92. The van der Waals surface area contributed by atoms with Crippen molar-refractivity contribution in [1.29, 1.82) is 5.26 Å². The fourth-order valence-corrected chi connectivity index (χ4v) is 4.60. The zero-order valence-corrected chi connectivity index (χ0v) is 20.1. The first-order valence-electron chi connectivity index (χ1n) is 11.9. The number of hydrogen-bond donors (Lipinski definition) is 2. The third-order valence-corrected chi connectivity index (χ3v) is 6.49. The largest absolute Gasteiger partial charge is 0.439 e. The molecule has 0 radical (unpaired) electrons. The maximum absolute atomic E-state index is 12.6. The van der Waals surface area contributed by atoms with Crippen LogP contribution in [0, 0.1) is 11.3 Å². The van der Waals surface area contributed by atoms with E-state index in [-0.39, 0.29) is 6.42 Å². The molecule has 0 aliphatic carbocycles. The molecule has 6 rings (SSSR count). The van der Waals surface area contributed by atoms with Crippen molar-refractivity contribution in [3.8, 4) is 40.7 Å². The molecule has 0 saturated carbocycles. The highest BCUT2D eigenvalue weighted by molar-refractivity contribution is 6.24. The number of carbonyl (C=O) groups is 3. The van der Waals surface area contributed by atoms with Crippen molar-refractivity contribution >= 4 is 23.5 Å². The van der Waals surface area contributed by atoms with Gasteiger partial charge in [0.25, 0.3) is 17.7 Å². The number of barbiturate groups is 1. The van der Waals surface area contributed by atoms with Crippen LogP contribution in [0.3, 0.4) is 0 Å². The van der Waals surface area contributed by atoms with Crippen molar-refractivity contribution < 1.29 is 23.6 Å². The molecule has 0 bridgehead atoms. The van der Waals surface area contributed by atoms with E-state index in [1.807, 2.05) is 6.07 Å². The molecule has 0 atom stereocenters. The number of anilines is 1. The summed E-state index contributed by atoms with van der Waals surface area (Å²) >= 11 is 0. The van der Waals surface area contributed by atoms with Gasteiger partial charge in [0.05, 0.1) is 17.4 Å². The first-order valence-corrected chi connectivity index (χ1v) is 11.9. The number of benzene rings is 1. The smallest absolute Gasteiger partial charge is 0.328 e. The second kappa shape index (κ2) is 9.34. The Balaban J connectivity index is 1.14. The number of aromatic nitrogens is 4. The summed E-state index contributed by atoms with van der Waals surface area (Å²) in [5.74, 6) is 0.122. The molecule has 0 unspecified atom stereocenters. The maximum atomic E-state index is 12.6. The van der Waals surface area contributed by atoms with E-state index in [4.69, 9.17) is 14.5 Å². The lowest BCUT2D eigenvalue weighted by Gasteiger charge is -2.38. The van der Waals surface area contributed by atoms with Crippen LogP contribution < -0.4 is 20.3 Å². The van der Waals surface area contributed by atoms with E-state index in [1.165, 1.54) is 12.4 Å². The molecule has 192 valence electrons. The topological polar surface area (TPSA) is 176 Å². The fraction of sp³-hybridized carbons (Fsp3) is 0.154. The number of urea groups is 1. The molecule has 4 aromatic rings. The number of hydrogen-bond acceptors (Lipinski definition) is 11. The van der Waals surface area contributed by atoms with Crippen molar-refractivity contribution in [2.45, 2.75) is 18.4 Å². The molecule has 13 heteroatoms. The van der Waals surface area contributed by atoms with Gasteiger partial charge in [-0.05, 0) is 55.3 Å². The molecule has 2 N–H and O–H groups in total. The zero-order chi connectivity index (χ0) is 27.0. The highest BCUT2D eigenvalue weighted by Crippen LogP contribution is 2.36. The normalized spacial score (nSPS) is 16.1. The van der Waals surface area contributed by atoms with Crippen LogP contribution in [0.5, 0.6) is 11.6 Å². The average molecular weight is 522 g/mol. The quantitative estimate of drug-likeness (QED) is 0.368. The molecule has 1 spiro atoms. The molecule has 5 heterocycles. The lowest BCUT2D eigenvalue weighted by Crippen LogP contribution is -2.71. The SMILES string of the molecule is N#Cc1ccc(-c2noc(-c3ccc(Oc4ccc(N5CCCC56C(=O)NC(=O)NC6=O)cn4)cc3)n2)nc1. The summed E-state index contributed by atoms with van der Waals surface area (Å²) in [5, 5.41) is 17.2. The van der Waals surface area contributed by atoms with E-state index >= 15 is 0 Å². The summed E-state index contributed by atoms with van der Waals surface area (Å²) in [6.45, 7) is 0.455. The number of imide groups is 2. The van der Waals surface area contributed by atoms with Gasteiger partial charge in [-0.2, -0.15) is 10.2 Å². The number of ether oxygens (including phenoxy) is 1. The second-order valence-electron chi connectivity index (χ2n) is 8.80. The van der Waals surface area contributed by atoms with E-state index in [9.17, 15) is 14.4 Å². The number of nitrogens with one attached hydrogen (secondary N) is 2. The van der Waals surface area contributed by atoms with Crippen molar-refractivity contribution in [3.05, 3.63) is 66.5 Å². The molecule has 39 heavy (non-hydrogen) atoms. The Kier molecular flexibility index (Phi) is 5.69. The second-order valence-corrected chi connectivity index (χ2v) is 8.80. The van der Waals surface area contributed by atoms with Crippen molar-refractivity contribution in [1.82, 2.24) is 30.7 Å². The Morgan fingerprint density at radius 2 is 1.77 bits per heavy atom. The molecule has 3 aromatic heterocycles. The summed E-state index contributed by atoms with van der Waals surface area (Å²) in [6, 6.07) is 14.7. The number of pyridine rings is 2. The van der Waals surface area contributed by atoms with Crippen LogP contribution in [0.4, 0.5) is 10.5 Å². The highest BCUT2D eigenvalue weighted by Gasteiger charge is 2.57. The van der Waals surface area contributed by atoms with Crippen molar-refractivity contribution in [3.63, 3.8) is 0 Å². The Labute approximate surface area is 220 Å². The van der Waals surface area contributed by atoms with Gasteiger partial charge in [-0.3, -0.25) is 25.2 Å². The molecule has 2 fully saturated rings. The molecular weight excluding hydrogens is 504 g/mol. The predicted octanol–water partition coefficient (Wildman–Crippen LogP) is 2.56. The predicted molar refractivity (Wildman–Crippen MR) is 133 cm³/mol. The van der Waals surface area contributed by atoms with Crippen molar-refractivity contribution in [2.75, 3.05) is 11.4 Å². The minimum atomic E-state index is -1.49. The van der Waals surface area contributed by atoms with Gasteiger partial charge in [0, 0.05) is 24.4 Å². The number of nitriles is 1. The number of amides is 4. The van der Waals surface area contributed by atoms with Crippen LogP contribution in [-0.2, 0) is 9.59 Å². The van der Waals surface area contributed by atoms with Crippen LogP contribution in [0.15, 0.2) is 65.4 Å². The number of carbonyl (C=O) groups excluding carboxylic acids is 3. The lowest BCUT2D eigenvalue weighted by molar-refractivity contribution is -0.137. The minimum absolute atomic E-state index is 0.286.